The maximum atomic E-state index is 3.82. The first kappa shape index (κ1) is 9.31. The first-order chi connectivity index (χ1) is 5.93. The van der Waals surface area contributed by atoms with E-state index in [2.05, 4.69) is 37.6 Å². The molecule has 64 valence electrons. The lowest BCUT2D eigenvalue weighted by atomic mass is 10.1. The predicted octanol–water partition coefficient (Wildman–Crippen LogP) is 3.63. The standard InChI is InChI=1S/C12H16/c1-2-3-4-6-9-12-10-7-5-8-11-12/h5,7-11H,1-4,6H2. The summed E-state index contributed by atoms with van der Waals surface area (Å²) in [6.07, 6.45) is 7.03. The Labute approximate surface area is 75.6 Å². The minimum atomic E-state index is 1.06. The summed E-state index contributed by atoms with van der Waals surface area (Å²) < 4.78 is 0. The van der Waals surface area contributed by atoms with E-state index < -0.39 is 0 Å². The average Bonchev–Trinajstić information content (AvgIpc) is 2.14. The molecular weight excluding hydrogens is 144 g/mol. The van der Waals surface area contributed by atoms with Crippen molar-refractivity contribution < 1.29 is 0 Å². The van der Waals surface area contributed by atoms with Gasteiger partial charge < -0.3 is 0 Å². The normalized spacial score (nSPS) is 10.1. The van der Waals surface area contributed by atoms with Crippen LogP contribution in [0.5, 0.6) is 0 Å². The second-order valence-electron chi connectivity index (χ2n) is 2.96. The summed E-state index contributed by atoms with van der Waals surface area (Å²) in [5, 5.41) is 0. The largest absolute Gasteiger partial charge is 0.0622 e. The molecule has 0 aliphatic rings. The van der Waals surface area contributed by atoms with Crippen LogP contribution >= 0.6 is 0 Å². The zero-order valence-electron chi connectivity index (χ0n) is 7.50. The quantitative estimate of drug-likeness (QED) is 0.577. The molecule has 0 heterocycles. The van der Waals surface area contributed by atoms with E-state index in [1.165, 1.54) is 24.8 Å². The molecule has 0 heteroatoms. The lowest BCUT2D eigenvalue weighted by Crippen LogP contribution is -1.81. The van der Waals surface area contributed by atoms with Gasteiger partial charge in [-0.2, -0.15) is 0 Å². The summed E-state index contributed by atoms with van der Waals surface area (Å²) in [7, 11) is 0. The highest BCUT2D eigenvalue weighted by atomic mass is 14.0. The van der Waals surface area contributed by atoms with Crippen molar-refractivity contribution in [3.05, 3.63) is 49.2 Å². The molecule has 0 spiro atoms. The van der Waals surface area contributed by atoms with E-state index in [4.69, 9.17) is 0 Å². The van der Waals surface area contributed by atoms with E-state index in [1.807, 2.05) is 6.07 Å². The molecule has 0 N–H and O–H groups in total. The Morgan fingerprint density at radius 3 is 2.50 bits per heavy atom. The highest BCUT2D eigenvalue weighted by Gasteiger charge is 1.91. The summed E-state index contributed by atoms with van der Waals surface area (Å²) in [4.78, 5) is 0. The van der Waals surface area contributed by atoms with Gasteiger partial charge in [-0.1, -0.05) is 56.5 Å². The second kappa shape index (κ2) is 5.82. The van der Waals surface area contributed by atoms with Crippen molar-refractivity contribution in [2.24, 2.45) is 0 Å². The lowest BCUT2D eigenvalue weighted by molar-refractivity contribution is 0.743. The van der Waals surface area contributed by atoms with Gasteiger partial charge in [-0.05, 0) is 18.4 Å². The Hall–Kier alpha value is -0.780. The number of benzene rings is 1. The van der Waals surface area contributed by atoms with Gasteiger partial charge in [0.15, 0.2) is 0 Å². The maximum Gasteiger partial charge on any atom is -0.00931 e. The molecule has 0 aromatic heterocycles. The summed E-state index contributed by atoms with van der Waals surface area (Å²) >= 11 is 0. The molecule has 0 amide bonds. The molecule has 12 heavy (non-hydrogen) atoms. The first-order valence-corrected chi connectivity index (χ1v) is 4.61. The molecule has 0 aliphatic carbocycles. The van der Waals surface area contributed by atoms with Gasteiger partial charge in [0.2, 0.25) is 0 Å². The van der Waals surface area contributed by atoms with Crippen LogP contribution in [0.2, 0.25) is 0 Å². The highest BCUT2D eigenvalue weighted by Crippen LogP contribution is 2.08. The number of unbranched alkanes of at least 4 members (excludes halogenated alkanes) is 3. The van der Waals surface area contributed by atoms with Gasteiger partial charge in [0.05, 0.1) is 0 Å². The van der Waals surface area contributed by atoms with Crippen molar-refractivity contribution in [1.82, 2.24) is 0 Å². The van der Waals surface area contributed by atoms with E-state index in [0.717, 1.165) is 6.42 Å². The van der Waals surface area contributed by atoms with Gasteiger partial charge in [0, 0.05) is 0 Å². The van der Waals surface area contributed by atoms with Crippen molar-refractivity contribution in [3.8, 4) is 0 Å². The Kier molecular flexibility index (Phi) is 4.51. The van der Waals surface area contributed by atoms with Crippen LogP contribution in [0, 0.1) is 13.3 Å². The van der Waals surface area contributed by atoms with Gasteiger partial charge in [-0.3, -0.25) is 0 Å². The van der Waals surface area contributed by atoms with Crippen LogP contribution in [0.4, 0.5) is 0 Å². The molecule has 0 atom stereocenters. The Morgan fingerprint density at radius 1 is 1.08 bits per heavy atom. The zero-order valence-corrected chi connectivity index (χ0v) is 7.50. The van der Waals surface area contributed by atoms with E-state index >= 15 is 0 Å². The van der Waals surface area contributed by atoms with Gasteiger partial charge >= 0.3 is 0 Å². The van der Waals surface area contributed by atoms with E-state index in [9.17, 15) is 0 Å². The fourth-order valence-corrected chi connectivity index (χ4v) is 1.18. The van der Waals surface area contributed by atoms with Gasteiger partial charge in [-0.15, -0.1) is 0 Å². The summed E-state index contributed by atoms with van der Waals surface area (Å²) in [5.74, 6) is 0. The molecule has 2 radical (unpaired) electrons. The monoisotopic (exact) mass is 160 g/mol. The SMILES string of the molecule is [CH2]CCCC[CH]c1ccccc1. The maximum absolute atomic E-state index is 3.82. The van der Waals surface area contributed by atoms with Crippen molar-refractivity contribution >= 4 is 0 Å². The average molecular weight is 160 g/mol. The molecule has 1 aromatic rings. The minimum absolute atomic E-state index is 1.06. The number of hydrogen-bond donors (Lipinski definition) is 0. The van der Waals surface area contributed by atoms with Crippen molar-refractivity contribution in [2.45, 2.75) is 25.7 Å². The zero-order chi connectivity index (χ0) is 8.65. The molecule has 0 aliphatic heterocycles. The number of rotatable bonds is 5. The van der Waals surface area contributed by atoms with E-state index in [-0.39, 0.29) is 0 Å². The van der Waals surface area contributed by atoms with Crippen molar-refractivity contribution in [2.75, 3.05) is 0 Å². The van der Waals surface area contributed by atoms with Crippen molar-refractivity contribution in [3.63, 3.8) is 0 Å². The van der Waals surface area contributed by atoms with E-state index in [0.29, 0.717) is 0 Å². The first-order valence-electron chi connectivity index (χ1n) is 4.61. The van der Waals surface area contributed by atoms with Crippen LogP contribution in [0.15, 0.2) is 30.3 Å². The molecule has 0 bridgehead atoms. The number of hydrogen-bond acceptors (Lipinski definition) is 0. The van der Waals surface area contributed by atoms with Gasteiger partial charge in [0.25, 0.3) is 0 Å². The molecule has 0 saturated heterocycles. The fourth-order valence-electron chi connectivity index (χ4n) is 1.18. The third-order valence-corrected chi connectivity index (χ3v) is 1.88. The summed E-state index contributed by atoms with van der Waals surface area (Å²) in [6.45, 7) is 3.82. The van der Waals surface area contributed by atoms with Crippen LogP contribution in [0.25, 0.3) is 0 Å². The third kappa shape index (κ3) is 3.56. The highest BCUT2D eigenvalue weighted by molar-refractivity contribution is 5.21. The smallest absolute Gasteiger partial charge is 0.00931 e. The summed E-state index contributed by atoms with van der Waals surface area (Å²) in [6, 6.07) is 10.5. The molecule has 0 nitrogen and oxygen atoms in total. The van der Waals surface area contributed by atoms with Crippen LogP contribution in [-0.2, 0) is 0 Å². The third-order valence-electron chi connectivity index (χ3n) is 1.88. The van der Waals surface area contributed by atoms with Crippen LogP contribution < -0.4 is 0 Å². The molecule has 0 unspecified atom stereocenters. The molecule has 1 aromatic carbocycles. The van der Waals surface area contributed by atoms with Crippen LogP contribution in [0.3, 0.4) is 0 Å². The topological polar surface area (TPSA) is 0 Å². The Balaban J connectivity index is 2.16. The fraction of sp³-hybridized carbons (Fsp3) is 0.333. The second-order valence-corrected chi connectivity index (χ2v) is 2.96. The Morgan fingerprint density at radius 2 is 1.83 bits per heavy atom. The van der Waals surface area contributed by atoms with Crippen LogP contribution in [-0.4, -0.2) is 0 Å². The molecule has 0 saturated carbocycles. The van der Waals surface area contributed by atoms with Gasteiger partial charge in [0.1, 0.15) is 0 Å². The van der Waals surface area contributed by atoms with Crippen LogP contribution in [0.1, 0.15) is 31.2 Å². The molecular formula is C12H16. The van der Waals surface area contributed by atoms with Crippen molar-refractivity contribution in [1.29, 1.82) is 0 Å². The van der Waals surface area contributed by atoms with E-state index in [1.54, 1.807) is 0 Å². The summed E-state index contributed by atoms with van der Waals surface area (Å²) in [5.41, 5.74) is 1.33. The van der Waals surface area contributed by atoms with Gasteiger partial charge in [-0.25, -0.2) is 0 Å². The molecule has 1 rings (SSSR count). The minimum Gasteiger partial charge on any atom is -0.0622 e. The Bertz CT molecular complexity index is 188. The molecule has 0 fully saturated rings. The predicted molar refractivity (Wildman–Crippen MR) is 53.7 cm³/mol. The lowest BCUT2D eigenvalue weighted by Gasteiger charge is -1.99.